The van der Waals surface area contributed by atoms with Crippen molar-refractivity contribution in [3.05, 3.63) is 28.5 Å². The molecule has 1 rings (SSSR count). The third-order valence-electron chi connectivity index (χ3n) is 2.03. The molecule has 0 aliphatic rings. The highest BCUT2D eigenvalue weighted by Crippen LogP contribution is 2.24. The van der Waals surface area contributed by atoms with Gasteiger partial charge < -0.3 is 0 Å². The van der Waals surface area contributed by atoms with Crippen molar-refractivity contribution in [2.75, 3.05) is 0 Å². The molecule has 0 aromatic heterocycles. The molecular formula is C10H11ClFNO2S. The van der Waals surface area contributed by atoms with E-state index in [1.165, 1.54) is 0 Å². The molecule has 0 aliphatic heterocycles. The Kier molecular flexibility index (Phi) is 4.18. The first kappa shape index (κ1) is 13.3. The fraction of sp³-hybridized carbons (Fsp3) is 0.300. The van der Waals surface area contributed by atoms with E-state index in [1.54, 1.807) is 13.8 Å². The summed E-state index contributed by atoms with van der Waals surface area (Å²) in [5, 5.41) is 5.09. The summed E-state index contributed by atoms with van der Waals surface area (Å²) in [5.41, 5.74) is 0.145. The van der Waals surface area contributed by atoms with E-state index in [9.17, 15) is 13.4 Å². The lowest BCUT2D eigenvalue weighted by molar-refractivity contribution is 0.0939. The zero-order valence-corrected chi connectivity index (χ0v) is 10.4. The van der Waals surface area contributed by atoms with Gasteiger partial charge in [0.1, 0.15) is 16.8 Å². The van der Waals surface area contributed by atoms with Crippen LogP contribution in [-0.4, -0.2) is 9.99 Å². The van der Waals surface area contributed by atoms with E-state index >= 15 is 0 Å². The molecule has 1 unspecified atom stereocenters. The van der Waals surface area contributed by atoms with Gasteiger partial charge in [0.25, 0.3) is 0 Å². The van der Waals surface area contributed by atoms with Crippen molar-refractivity contribution in [2.45, 2.75) is 18.7 Å². The number of ketones is 1. The van der Waals surface area contributed by atoms with E-state index in [2.05, 4.69) is 0 Å². The lowest BCUT2D eigenvalue weighted by atomic mass is 10.0. The molecule has 0 bridgehead atoms. The van der Waals surface area contributed by atoms with Gasteiger partial charge in [-0.05, 0) is 12.1 Å². The summed E-state index contributed by atoms with van der Waals surface area (Å²) in [6.45, 7) is 3.39. The van der Waals surface area contributed by atoms with Crippen molar-refractivity contribution in [1.82, 2.24) is 0 Å². The average molecular weight is 264 g/mol. The van der Waals surface area contributed by atoms with Crippen molar-refractivity contribution < 1.29 is 13.4 Å². The number of carbonyl (C=O) groups excluding carboxylic acids is 1. The van der Waals surface area contributed by atoms with Crippen molar-refractivity contribution >= 4 is 28.4 Å². The number of Topliss-reactive ketones (excluding diaryl/α,β-unsaturated/α-hetero) is 1. The van der Waals surface area contributed by atoms with Gasteiger partial charge in [-0.25, -0.2) is 13.7 Å². The van der Waals surface area contributed by atoms with E-state index in [1.807, 2.05) is 0 Å². The Morgan fingerprint density at radius 1 is 1.50 bits per heavy atom. The second kappa shape index (κ2) is 5.03. The number of halogens is 2. The van der Waals surface area contributed by atoms with Crippen molar-refractivity contribution in [3.63, 3.8) is 0 Å². The highest BCUT2D eigenvalue weighted by atomic mass is 35.5. The van der Waals surface area contributed by atoms with E-state index in [-0.39, 0.29) is 27.2 Å². The maximum Gasteiger partial charge on any atom is 0.166 e. The van der Waals surface area contributed by atoms with Crippen LogP contribution < -0.4 is 5.14 Å². The molecule has 0 heterocycles. The molecule has 2 N–H and O–H groups in total. The van der Waals surface area contributed by atoms with Gasteiger partial charge in [0, 0.05) is 11.5 Å². The normalized spacial score (nSPS) is 12.9. The minimum absolute atomic E-state index is 0.00500. The Labute approximate surface area is 100 Å². The summed E-state index contributed by atoms with van der Waals surface area (Å²) in [7, 11) is -1.97. The molecule has 0 saturated carbocycles. The smallest absolute Gasteiger partial charge is 0.166 e. The molecule has 6 heteroatoms. The Bertz CT molecular complexity index is 462. The molecule has 0 amide bonds. The number of hydrogen-bond donors (Lipinski definition) is 1. The van der Waals surface area contributed by atoms with E-state index in [4.69, 9.17) is 16.7 Å². The molecule has 0 radical (unpaired) electrons. The van der Waals surface area contributed by atoms with Crippen LogP contribution in [0.2, 0.25) is 5.02 Å². The monoisotopic (exact) mass is 263 g/mol. The first-order valence-corrected chi connectivity index (χ1v) is 6.13. The van der Waals surface area contributed by atoms with Gasteiger partial charge in [0.15, 0.2) is 5.78 Å². The van der Waals surface area contributed by atoms with Crippen LogP contribution in [0.3, 0.4) is 0 Å². The van der Waals surface area contributed by atoms with E-state index in [0.29, 0.717) is 0 Å². The van der Waals surface area contributed by atoms with Crippen LogP contribution in [0.5, 0.6) is 0 Å². The summed E-state index contributed by atoms with van der Waals surface area (Å²) < 4.78 is 24.3. The summed E-state index contributed by atoms with van der Waals surface area (Å²) in [4.78, 5) is 11.5. The highest BCUT2D eigenvalue weighted by Gasteiger charge is 2.18. The lowest BCUT2D eigenvalue weighted by Gasteiger charge is -2.08. The van der Waals surface area contributed by atoms with Crippen LogP contribution in [0.1, 0.15) is 24.2 Å². The van der Waals surface area contributed by atoms with Crippen molar-refractivity contribution in [2.24, 2.45) is 11.1 Å². The van der Waals surface area contributed by atoms with Crippen LogP contribution in [-0.2, 0) is 11.0 Å². The number of hydrogen-bond acceptors (Lipinski definition) is 2. The van der Waals surface area contributed by atoms with E-state index < -0.39 is 16.8 Å². The van der Waals surface area contributed by atoms with Crippen LogP contribution in [0.25, 0.3) is 0 Å². The summed E-state index contributed by atoms with van der Waals surface area (Å²) >= 11 is 5.74. The van der Waals surface area contributed by atoms with Crippen molar-refractivity contribution in [3.8, 4) is 0 Å². The van der Waals surface area contributed by atoms with Gasteiger partial charge in [-0.15, -0.1) is 0 Å². The lowest BCUT2D eigenvalue weighted by Crippen LogP contribution is -2.12. The van der Waals surface area contributed by atoms with E-state index in [0.717, 1.165) is 12.1 Å². The van der Waals surface area contributed by atoms with Crippen LogP contribution >= 0.6 is 11.6 Å². The molecule has 16 heavy (non-hydrogen) atoms. The molecule has 0 spiro atoms. The van der Waals surface area contributed by atoms with Gasteiger partial charge in [0.2, 0.25) is 0 Å². The standard InChI is InChI=1S/C10H11ClFNO2S/c1-5(2)10(14)6-3-9(16(13)15)8(12)4-7(6)11/h3-5H,13H2,1-2H3. The predicted molar refractivity (Wildman–Crippen MR) is 61.2 cm³/mol. The molecule has 88 valence electrons. The molecular weight excluding hydrogens is 253 g/mol. The van der Waals surface area contributed by atoms with Gasteiger partial charge in [-0.1, -0.05) is 25.4 Å². The first-order chi connectivity index (χ1) is 7.34. The minimum Gasteiger partial charge on any atom is -0.294 e. The van der Waals surface area contributed by atoms with Gasteiger partial charge in [-0.3, -0.25) is 4.79 Å². The Morgan fingerprint density at radius 3 is 2.50 bits per heavy atom. The van der Waals surface area contributed by atoms with Gasteiger partial charge >= 0.3 is 0 Å². The number of benzene rings is 1. The fourth-order valence-electron chi connectivity index (χ4n) is 1.18. The molecule has 0 aliphatic carbocycles. The molecule has 3 nitrogen and oxygen atoms in total. The third-order valence-corrected chi connectivity index (χ3v) is 3.09. The number of nitrogens with two attached hydrogens (primary N) is 1. The second-order valence-corrected chi connectivity index (χ2v) is 5.02. The Balaban J connectivity index is 3.36. The Hall–Kier alpha value is -0.780. The number of rotatable bonds is 3. The largest absolute Gasteiger partial charge is 0.294 e. The highest BCUT2D eigenvalue weighted by molar-refractivity contribution is 7.82. The summed E-state index contributed by atoms with van der Waals surface area (Å²) in [6.07, 6.45) is 0. The summed E-state index contributed by atoms with van der Waals surface area (Å²) in [6, 6.07) is 2.10. The maximum atomic E-state index is 13.3. The third kappa shape index (κ3) is 2.66. The molecule has 0 saturated heterocycles. The van der Waals surface area contributed by atoms with Gasteiger partial charge in [0.05, 0.1) is 9.92 Å². The molecule has 1 atom stereocenters. The zero-order chi connectivity index (χ0) is 12.5. The first-order valence-electron chi connectivity index (χ1n) is 4.54. The fourth-order valence-corrected chi connectivity index (χ4v) is 1.91. The number of carbonyl (C=O) groups is 1. The quantitative estimate of drug-likeness (QED) is 0.851. The predicted octanol–water partition coefficient (Wildman–Crippen LogP) is 2.30. The zero-order valence-electron chi connectivity index (χ0n) is 8.79. The molecule has 1 aromatic carbocycles. The topological polar surface area (TPSA) is 60.2 Å². The molecule has 0 fully saturated rings. The van der Waals surface area contributed by atoms with Crippen LogP contribution in [0.15, 0.2) is 17.0 Å². The van der Waals surface area contributed by atoms with Crippen LogP contribution in [0.4, 0.5) is 4.39 Å². The van der Waals surface area contributed by atoms with Crippen molar-refractivity contribution in [1.29, 1.82) is 0 Å². The van der Waals surface area contributed by atoms with Gasteiger partial charge in [-0.2, -0.15) is 0 Å². The molecule has 1 aromatic rings. The van der Waals surface area contributed by atoms with Crippen LogP contribution in [0, 0.1) is 11.7 Å². The summed E-state index contributed by atoms with van der Waals surface area (Å²) in [5.74, 6) is -1.29. The minimum atomic E-state index is -1.97. The SMILES string of the molecule is CC(C)C(=O)c1cc(S(N)=O)c(F)cc1Cl. The second-order valence-electron chi connectivity index (χ2n) is 3.58. The maximum absolute atomic E-state index is 13.3. The average Bonchev–Trinajstić information content (AvgIpc) is 2.16. The Morgan fingerprint density at radius 2 is 2.06 bits per heavy atom.